The van der Waals surface area contributed by atoms with E-state index in [2.05, 4.69) is 30.6 Å². The fourth-order valence-electron chi connectivity index (χ4n) is 2.41. The third-order valence-corrected chi connectivity index (χ3v) is 4.56. The topological polar surface area (TPSA) is 21.3 Å². The molecule has 1 atom stereocenters. The molecule has 1 aromatic heterocycles. The molecule has 0 aliphatic heterocycles. The van der Waals surface area contributed by atoms with Crippen molar-refractivity contribution in [2.75, 3.05) is 13.7 Å². The SMILES string of the molecule is CCCNC(c1ccc(OC)c(F)c1)c1sccc1CC. The highest BCUT2D eigenvalue weighted by Gasteiger charge is 2.19. The Labute approximate surface area is 130 Å². The summed E-state index contributed by atoms with van der Waals surface area (Å²) in [5, 5.41) is 5.64. The molecule has 2 aromatic rings. The van der Waals surface area contributed by atoms with E-state index in [0.717, 1.165) is 24.9 Å². The van der Waals surface area contributed by atoms with Crippen molar-refractivity contribution >= 4 is 11.3 Å². The second-order valence-corrected chi connectivity index (χ2v) is 5.89. The molecule has 1 aromatic carbocycles. The molecule has 21 heavy (non-hydrogen) atoms. The molecule has 0 aliphatic carbocycles. The Kier molecular flexibility index (Phi) is 5.76. The molecule has 0 spiro atoms. The summed E-state index contributed by atoms with van der Waals surface area (Å²) in [6.45, 7) is 5.18. The van der Waals surface area contributed by atoms with Crippen molar-refractivity contribution < 1.29 is 9.13 Å². The van der Waals surface area contributed by atoms with Gasteiger partial charge in [-0.25, -0.2) is 4.39 Å². The minimum Gasteiger partial charge on any atom is -0.494 e. The Morgan fingerprint density at radius 3 is 2.71 bits per heavy atom. The van der Waals surface area contributed by atoms with Gasteiger partial charge in [0.15, 0.2) is 11.6 Å². The first kappa shape index (κ1) is 16.0. The molecule has 1 N–H and O–H groups in total. The number of rotatable bonds is 7. The largest absolute Gasteiger partial charge is 0.494 e. The molecule has 0 bridgehead atoms. The van der Waals surface area contributed by atoms with Crippen LogP contribution in [0.25, 0.3) is 0 Å². The van der Waals surface area contributed by atoms with Crippen LogP contribution in [-0.2, 0) is 6.42 Å². The summed E-state index contributed by atoms with van der Waals surface area (Å²) in [4.78, 5) is 1.27. The molecule has 4 heteroatoms. The van der Waals surface area contributed by atoms with Crippen LogP contribution in [0.5, 0.6) is 5.75 Å². The van der Waals surface area contributed by atoms with Gasteiger partial charge < -0.3 is 10.1 Å². The summed E-state index contributed by atoms with van der Waals surface area (Å²) in [5.74, 6) is -0.0252. The molecule has 1 unspecified atom stereocenters. The zero-order valence-corrected chi connectivity index (χ0v) is 13.6. The Bertz CT molecular complexity index is 582. The molecule has 2 rings (SSSR count). The van der Waals surface area contributed by atoms with Gasteiger partial charge in [0, 0.05) is 4.88 Å². The maximum absolute atomic E-state index is 14.0. The number of halogens is 1. The van der Waals surface area contributed by atoms with Gasteiger partial charge in [-0.15, -0.1) is 11.3 Å². The number of hydrogen-bond acceptors (Lipinski definition) is 3. The highest BCUT2D eigenvalue weighted by Crippen LogP contribution is 2.32. The summed E-state index contributed by atoms with van der Waals surface area (Å²) in [7, 11) is 1.49. The molecule has 0 fully saturated rings. The van der Waals surface area contributed by atoms with Gasteiger partial charge in [0.1, 0.15) is 0 Å². The van der Waals surface area contributed by atoms with Crippen LogP contribution in [0.1, 0.15) is 42.3 Å². The number of nitrogens with one attached hydrogen (secondary N) is 1. The van der Waals surface area contributed by atoms with Crippen molar-refractivity contribution in [3.63, 3.8) is 0 Å². The van der Waals surface area contributed by atoms with Crippen LogP contribution in [0.2, 0.25) is 0 Å². The van der Waals surface area contributed by atoms with Crippen LogP contribution < -0.4 is 10.1 Å². The van der Waals surface area contributed by atoms with Gasteiger partial charge in [0.05, 0.1) is 13.2 Å². The summed E-state index contributed by atoms with van der Waals surface area (Å²) in [6, 6.07) is 7.41. The number of ether oxygens (including phenoxy) is 1. The Morgan fingerprint density at radius 2 is 2.10 bits per heavy atom. The summed E-state index contributed by atoms with van der Waals surface area (Å²) in [6.07, 6.45) is 2.03. The summed E-state index contributed by atoms with van der Waals surface area (Å²) < 4.78 is 19.0. The van der Waals surface area contributed by atoms with Crippen molar-refractivity contribution in [3.05, 3.63) is 51.5 Å². The maximum Gasteiger partial charge on any atom is 0.165 e. The van der Waals surface area contributed by atoms with E-state index in [1.807, 2.05) is 6.07 Å². The molecule has 0 amide bonds. The first-order valence-electron chi connectivity index (χ1n) is 7.34. The highest BCUT2D eigenvalue weighted by molar-refractivity contribution is 7.10. The number of thiophene rings is 1. The Morgan fingerprint density at radius 1 is 1.29 bits per heavy atom. The lowest BCUT2D eigenvalue weighted by molar-refractivity contribution is 0.385. The van der Waals surface area contributed by atoms with Gasteiger partial charge in [0.2, 0.25) is 0 Å². The molecule has 0 aliphatic rings. The minimum atomic E-state index is -0.312. The van der Waals surface area contributed by atoms with E-state index in [1.54, 1.807) is 23.5 Å². The Balaban J connectivity index is 2.38. The van der Waals surface area contributed by atoms with Crippen LogP contribution in [0, 0.1) is 5.82 Å². The second kappa shape index (κ2) is 7.57. The van der Waals surface area contributed by atoms with E-state index >= 15 is 0 Å². The van der Waals surface area contributed by atoms with Crippen LogP contribution in [0.15, 0.2) is 29.6 Å². The maximum atomic E-state index is 14.0. The van der Waals surface area contributed by atoms with Gasteiger partial charge in [-0.2, -0.15) is 0 Å². The molecule has 2 nitrogen and oxygen atoms in total. The zero-order valence-electron chi connectivity index (χ0n) is 12.8. The van der Waals surface area contributed by atoms with Gasteiger partial charge in [-0.05, 0) is 54.1 Å². The predicted octanol–water partition coefficient (Wildman–Crippen LogP) is 4.55. The molecule has 114 valence electrons. The van der Waals surface area contributed by atoms with Gasteiger partial charge in [-0.3, -0.25) is 0 Å². The number of methoxy groups -OCH3 is 1. The molecule has 0 saturated heterocycles. The first-order chi connectivity index (χ1) is 10.2. The fourth-order valence-corrected chi connectivity index (χ4v) is 3.50. The fraction of sp³-hybridized carbons (Fsp3) is 0.412. The van der Waals surface area contributed by atoms with Gasteiger partial charge in [0.25, 0.3) is 0 Å². The van der Waals surface area contributed by atoms with Crippen molar-refractivity contribution in [1.29, 1.82) is 0 Å². The summed E-state index contributed by atoms with van der Waals surface area (Å²) in [5.41, 5.74) is 2.27. The lowest BCUT2D eigenvalue weighted by Crippen LogP contribution is -2.23. The van der Waals surface area contributed by atoms with E-state index in [-0.39, 0.29) is 17.6 Å². The molecule has 0 saturated carbocycles. The van der Waals surface area contributed by atoms with Crippen molar-refractivity contribution in [3.8, 4) is 5.75 Å². The average Bonchev–Trinajstić information content (AvgIpc) is 2.96. The van der Waals surface area contributed by atoms with E-state index in [9.17, 15) is 4.39 Å². The lowest BCUT2D eigenvalue weighted by atomic mass is 10.0. The molecular weight excluding hydrogens is 285 g/mol. The molecular formula is C17H22FNOS. The third-order valence-electron chi connectivity index (χ3n) is 3.53. The molecule has 0 radical (unpaired) electrons. The van der Waals surface area contributed by atoms with Crippen molar-refractivity contribution in [1.82, 2.24) is 5.32 Å². The molecule has 1 heterocycles. The van der Waals surface area contributed by atoms with E-state index in [0.29, 0.717) is 0 Å². The monoisotopic (exact) mass is 307 g/mol. The smallest absolute Gasteiger partial charge is 0.165 e. The quantitative estimate of drug-likeness (QED) is 0.810. The first-order valence-corrected chi connectivity index (χ1v) is 8.22. The third kappa shape index (κ3) is 3.63. The van der Waals surface area contributed by atoms with E-state index < -0.39 is 0 Å². The van der Waals surface area contributed by atoms with Gasteiger partial charge >= 0.3 is 0 Å². The lowest BCUT2D eigenvalue weighted by Gasteiger charge is -2.20. The van der Waals surface area contributed by atoms with E-state index in [1.165, 1.54) is 17.6 Å². The van der Waals surface area contributed by atoms with Crippen molar-refractivity contribution in [2.24, 2.45) is 0 Å². The zero-order chi connectivity index (χ0) is 15.2. The normalized spacial score (nSPS) is 12.4. The van der Waals surface area contributed by atoms with Crippen LogP contribution in [0.4, 0.5) is 4.39 Å². The average molecular weight is 307 g/mol. The number of hydrogen-bond donors (Lipinski definition) is 1. The van der Waals surface area contributed by atoms with Crippen LogP contribution in [0.3, 0.4) is 0 Å². The highest BCUT2D eigenvalue weighted by atomic mass is 32.1. The number of benzene rings is 1. The van der Waals surface area contributed by atoms with Gasteiger partial charge in [-0.1, -0.05) is 19.9 Å². The second-order valence-electron chi connectivity index (χ2n) is 4.94. The summed E-state index contributed by atoms with van der Waals surface area (Å²) >= 11 is 1.73. The minimum absolute atomic E-state index is 0.0420. The predicted molar refractivity (Wildman–Crippen MR) is 86.8 cm³/mol. The standard InChI is InChI=1S/C17H22FNOS/c1-4-9-19-16(17-12(5-2)8-10-21-17)13-6-7-15(20-3)14(18)11-13/h6-8,10-11,16,19H,4-5,9H2,1-3H3. The van der Waals surface area contributed by atoms with E-state index in [4.69, 9.17) is 4.74 Å². The Hall–Kier alpha value is -1.39. The van der Waals surface area contributed by atoms with Crippen molar-refractivity contribution in [2.45, 2.75) is 32.7 Å². The van der Waals surface area contributed by atoms with Crippen LogP contribution >= 0.6 is 11.3 Å². The van der Waals surface area contributed by atoms with Crippen LogP contribution in [-0.4, -0.2) is 13.7 Å². The number of aryl methyl sites for hydroxylation is 1.